The van der Waals surface area contributed by atoms with Crippen molar-refractivity contribution in [1.29, 1.82) is 0 Å². The van der Waals surface area contributed by atoms with Crippen LogP contribution in [0.25, 0.3) is 0 Å². The van der Waals surface area contributed by atoms with Crippen LogP contribution in [-0.2, 0) is 4.79 Å². The fraction of sp³-hybridized carbons (Fsp3) is 0.533. The average Bonchev–Trinajstić information content (AvgIpc) is 3.23. The predicted molar refractivity (Wildman–Crippen MR) is 78.2 cm³/mol. The molecule has 4 heteroatoms. The van der Waals surface area contributed by atoms with E-state index in [2.05, 4.69) is 17.4 Å². The van der Waals surface area contributed by atoms with E-state index in [9.17, 15) is 4.79 Å². The van der Waals surface area contributed by atoms with Gasteiger partial charge in [-0.15, -0.1) is 11.8 Å². The third-order valence-corrected chi connectivity index (χ3v) is 4.61. The summed E-state index contributed by atoms with van der Waals surface area (Å²) in [6.45, 7) is 0.825. The number of amides is 1. The van der Waals surface area contributed by atoms with Crippen molar-refractivity contribution in [2.24, 2.45) is 5.41 Å². The number of benzene rings is 1. The van der Waals surface area contributed by atoms with Gasteiger partial charge in [0.2, 0.25) is 5.91 Å². The normalized spacial score (nSPS) is 16.1. The highest BCUT2D eigenvalue weighted by Gasteiger charge is 2.41. The molecule has 1 aromatic rings. The van der Waals surface area contributed by atoms with Gasteiger partial charge in [0.15, 0.2) is 0 Å². The summed E-state index contributed by atoms with van der Waals surface area (Å²) >= 11 is 1.78. The van der Waals surface area contributed by atoms with E-state index in [0.29, 0.717) is 13.0 Å². The third-order valence-electron chi connectivity index (χ3n) is 3.51. The second-order valence-corrected chi connectivity index (χ2v) is 6.37. The highest BCUT2D eigenvalue weighted by Crippen LogP contribution is 2.44. The number of carbonyl (C=O) groups is 1. The van der Waals surface area contributed by atoms with E-state index in [-0.39, 0.29) is 17.9 Å². The number of carbonyl (C=O) groups excluding carboxylic acids is 1. The first-order chi connectivity index (χ1) is 9.24. The lowest BCUT2D eigenvalue weighted by Crippen LogP contribution is -2.31. The van der Waals surface area contributed by atoms with E-state index < -0.39 is 0 Å². The highest BCUT2D eigenvalue weighted by molar-refractivity contribution is 7.99. The van der Waals surface area contributed by atoms with Crippen LogP contribution in [0, 0.1) is 5.41 Å². The molecular formula is C15H21NO2S. The first-order valence-corrected chi connectivity index (χ1v) is 7.78. The fourth-order valence-corrected chi connectivity index (χ4v) is 2.76. The lowest BCUT2D eigenvalue weighted by Gasteiger charge is -2.12. The minimum atomic E-state index is 0.00838. The van der Waals surface area contributed by atoms with Crippen molar-refractivity contribution in [3.8, 4) is 0 Å². The Bertz CT molecular complexity index is 404. The third kappa shape index (κ3) is 4.88. The lowest BCUT2D eigenvalue weighted by molar-refractivity contribution is -0.121. The second-order valence-electron chi connectivity index (χ2n) is 5.20. The van der Waals surface area contributed by atoms with Crippen molar-refractivity contribution in [2.45, 2.75) is 30.6 Å². The molecule has 1 amide bonds. The summed E-state index contributed by atoms with van der Waals surface area (Å²) in [4.78, 5) is 12.9. The monoisotopic (exact) mass is 279 g/mol. The standard InChI is InChI=1S/C15H21NO2S/c17-12-15(8-9-15)11-16-14(18)7-4-10-19-13-5-2-1-3-6-13/h1-3,5-6,17H,4,7-12H2,(H,16,18). The molecule has 3 nitrogen and oxygen atoms in total. The molecule has 0 heterocycles. The van der Waals surface area contributed by atoms with E-state index in [1.165, 1.54) is 4.90 Å². The topological polar surface area (TPSA) is 49.3 Å². The zero-order chi connectivity index (χ0) is 13.6. The summed E-state index contributed by atoms with van der Waals surface area (Å²) in [7, 11) is 0. The maximum absolute atomic E-state index is 11.6. The van der Waals surface area contributed by atoms with Gasteiger partial charge in [0.25, 0.3) is 0 Å². The van der Waals surface area contributed by atoms with E-state index in [1.54, 1.807) is 11.8 Å². The zero-order valence-corrected chi connectivity index (χ0v) is 11.9. The fourth-order valence-electron chi connectivity index (χ4n) is 1.88. The quantitative estimate of drug-likeness (QED) is 0.567. The lowest BCUT2D eigenvalue weighted by atomic mass is 10.1. The maximum Gasteiger partial charge on any atom is 0.220 e. The average molecular weight is 279 g/mol. The summed E-state index contributed by atoms with van der Waals surface area (Å²) in [6, 6.07) is 10.2. The molecule has 1 aliphatic carbocycles. The predicted octanol–water partition coefficient (Wildman–Crippen LogP) is 2.45. The van der Waals surface area contributed by atoms with Crippen molar-refractivity contribution in [2.75, 3.05) is 18.9 Å². The molecule has 1 aromatic carbocycles. The number of thioether (sulfide) groups is 1. The van der Waals surface area contributed by atoms with E-state index in [0.717, 1.165) is 25.0 Å². The Kier molecular flexibility index (Phi) is 5.28. The van der Waals surface area contributed by atoms with Crippen LogP contribution in [0.5, 0.6) is 0 Å². The Hall–Kier alpha value is -1.00. The van der Waals surface area contributed by atoms with Gasteiger partial charge in [-0.05, 0) is 37.1 Å². The minimum absolute atomic E-state index is 0.00838. The molecule has 1 aliphatic rings. The van der Waals surface area contributed by atoms with Crippen LogP contribution in [0.2, 0.25) is 0 Å². The molecular weight excluding hydrogens is 258 g/mol. The first kappa shape index (κ1) is 14.4. The molecule has 0 aromatic heterocycles. The second kappa shape index (κ2) is 6.96. The highest BCUT2D eigenvalue weighted by atomic mass is 32.2. The molecule has 0 bridgehead atoms. The summed E-state index contributed by atoms with van der Waals surface area (Å²) in [5.74, 6) is 1.07. The van der Waals surface area contributed by atoms with E-state index in [1.807, 2.05) is 18.2 Å². The Balaban J connectivity index is 1.54. The number of rotatable bonds is 8. The Morgan fingerprint density at radius 3 is 2.68 bits per heavy atom. The van der Waals surface area contributed by atoms with Crippen LogP contribution in [0.3, 0.4) is 0 Å². The van der Waals surface area contributed by atoms with Crippen LogP contribution >= 0.6 is 11.8 Å². The number of aliphatic hydroxyl groups is 1. The summed E-state index contributed by atoms with van der Waals surface area (Å²) < 4.78 is 0. The van der Waals surface area contributed by atoms with Crippen LogP contribution < -0.4 is 5.32 Å². The van der Waals surface area contributed by atoms with Gasteiger partial charge < -0.3 is 10.4 Å². The van der Waals surface area contributed by atoms with E-state index >= 15 is 0 Å². The number of aliphatic hydroxyl groups excluding tert-OH is 1. The number of hydrogen-bond donors (Lipinski definition) is 2. The molecule has 0 unspecified atom stereocenters. The van der Waals surface area contributed by atoms with Gasteiger partial charge >= 0.3 is 0 Å². The molecule has 104 valence electrons. The molecule has 0 spiro atoms. The summed E-state index contributed by atoms with van der Waals surface area (Å²) in [5, 5.41) is 12.1. The van der Waals surface area contributed by atoms with Crippen molar-refractivity contribution in [3.63, 3.8) is 0 Å². The minimum Gasteiger partial charge on any atom is -0.396 e. The first-order valence-electron chi connectivity index (χ1n) is 6.80. The number of hydrogen-bond acceptors (Lipinski definition) is 3. The van der Waals surface area contributed by atoms with Crippen LogP contribution in [0.15, 0.2) is 35.2 Å². The molecule has 1 fully saturated rings. The van der Waals surface area contributed by atoms with Crippen molar-refractivity contribution >= 4 is 17.7 Å². The van der Waals surface area contributed by atoms with Crippen molar-refractivity contribution < 1.29 is 9.90 Å². The Morgan fingerprint density at radius 2 is 2.05 bits per heavy atom. The van der Waals surface area contributed by atoms with Gasteiger partial charge in [0.05, 0.1) is 6.61 Å². The summed E-state index contributed by atoms with van der Waals surface area (Å²) in [5.41, 5.74) is 0.00838. The van der Waals surface area contributed by atoms with Gasteiger partial charge in [0.1, 0.15) is 0 Å². The molecule has 2 rings (SSSR count). The van der Waals surface area contributed by atoms with Gasteiger partial charge in [0, 0.05) is 23.3 Å². The van der Waals surface area contributed by atoms with Crippen molar-refractivity contribution in [3.05, 3.63) is 30.3 Å². The molecule has 0 radical (unpaired) electrons. The molecule has 2 N–H and O–H groups in total. The van der Waals surface area contributed by atoms with Crippen LogP contribution in [-0.4, -0.2) is 29.9 Å². The molecule has 0 saturated heterocycles. The largest absolute Gasteiger partial charge is 0.396 e. The zero-order valence-electron chi connectivity index (χ0n) is 11.1. The number of nitrogens with one attached hydrogen (secondary N) is 1. The molecule has 0 atom stereocenters. The maximum atomic E-state index is 11.6. The van der Waals surface area contributed by atoms with Gasteiger partial charge in [-0.1, -0.05) is 18.2 Å². The van der Waals surface area contributed by atoms with Crippen molar-refractivity contribution in [1.82, 2.24) is 5.32 Å². The Morgan fingerprint density at radius 1 is 1.32 bits per heavy atom. The van der Waals surface area contributed by atoms with Crippen LogP contribution in [0.4, 0.5) is 0 Å². The SMILES string of the molecule is O=C(CCCSc1ccccc1)NCC1(CO)CC1. The van der Waals surface area contributed by atoms with Gasteiger partial charge in [-0.3, -0.25) is 4.79 Å². The van der Waals surface area contributed by atoms with E-state index in [4.69, 9.17) is 5.11 Å². The smallest absolute Gasteiger partial charge is 0.220 e. The van der Waals surface area contributed by atoms with Gasteiger partial charge in [-0.25, -0.2) is 0 Å². The molecule has 19 heavy (non-hydrogen) atoms. The molecule has 1 saturated carbocycles. The van der Waals surface area contributed by atoms with Crippen LogP contribution in [0.1, 0.15) is 25.7 Å². The summed E-state index contributed by atoms with van der Waals surface area (Å²) in [6.07, 6.45) is 3.53. The molecule has 0 aliphatic heterocycles. The Labute approximate surface area is 118 Å². The van der Waals surface area contributed by atoms with Gasteiger partial charge in [-0.2, -0.15) is 0 Å².